The van der Waals surface area contributed by atoms with Gasteiger partial charge in [-0.25, -0.2) is 17.9 Å². The Hall–Kier alpha value is -2.13. The predicted octanol–water partition coefficient (Wildman–Crippen LogP) is 1.16. The Balaban J connectivity index is 2.39. The Bertz CT molecular complexity index is 777. The molecule has 1 aromatic carbocycles. The summed E-state index contributed by atoms with van der Waals surface area (Å²) in [4.78, 5) is 26.5. The first-order valence-electron chi connectivity index (χ1n) is 8.45. The van der Waals surface area contributed by atoms with E-state index in [1.807, 2.05) is 0 Å². The van der Waals surface area contributed by atoms with Crippen molar-refractivity contribution in [1.29, 1.82) is 0 Å². The summed E-state index contributed by atoms with van der Waals surface area (Å²) in [5, 5.41) is 0. The van der Waals surface area contributed by atoms with Crippen LogP contribution in [-0.4, -0.2) is 58.5 Å². The molecule has 9 heteroatoms. The minimum absolute atomic E-state index is 0.127. The number of hydrogen-bond donors (Lipinski definition) is 1. The average Bonchev–Trinajstić information content (AvgIpc) is 2.67. The Kier molecular flexibility index (Phi) is 6.60. The maximum atomic E-state index is 12.9. The van der Waals surface area contributed by atoms with E-state index < -0.39 is 27.9 Å². The van der Waals surface area contributed by atoms with E-state index in [0.29, 0.717) is 13.0 Å². The number of nitrogens with zero attached hydrogens (tertiary/aromatic N) is 1. The highest BCUT2D eigenvalue weighted by atomic mass is 32.2. The van der Waals surface area contributed by atoms with Gasteiger partial charge in [-0.05, 0) is 51.4 Å². The summed E-state index contributed by atoms with van der Waals surface area (Å²) < 4.78 is 36.8. The third-order valence-corrected chi connectivity index (χ3v) is 5.73. The molecule has 1 heterocycles. The van der Waals surface area contributed by atoms with Crippen molar-refractivity contribution in [1.82, 2.24) is 9.62 Å². The van der Waals surface area contributed by atoms with Crippen LogP contribution in [0.4, 0.5) is 0 Å². The number of carbonyl (C=O) groups is 2. The molecular formula is C17H24N2O6S. The van der Waals surface area contributed by atoms with E-state index in [1.54, 1.807) is 6.92 Å². The highest BCUT2D eigenvalue weighted by Gasteiger charge is 2.34. The van der Waals surface area contributed by atoms with E-state index in [4.69, 9.17) is 9.47 Å². The molecule has 1 amide bonds. The van der Waals surface area contributed by atoms with Gasteiger partial charge in [-0.3, -0.25) is 4.79 Å². The van der Waals surface area contributed by atoms with Gasteiger partial charge in [0.2, 0.25) is 10.0 Å². The summed E-state index contributed by atoms with van der Waals surface area (Å²) in [7, 11) is -1.17. The van der Waals surface area contributed by atoms with Crippen molar-refractivity contribution in [3.8, 4) is 5.75 Å². The molecule has 26 heavy (non-hydrogen) atoms. The average molecular weight is 384 g/mol. The second-order valence-electron chi connectivity index (χ2n) is 5.84. The standard InChI is InChI=1S/C17H24N2O6S/c1-4-25-17(21)13-7-5-6-10-19(13)16(20)12-8-9-14(24-3)15(11-12)26(22,23)18-2/h8-9,11,13,18H,4-7,10H2,1-3H3. The van der Waals surface area contributed by atoms with Crippen LogP contribution in [0.25, 0.3) is 0 Å². The van der Waals surface area contributed by atoms with Crippen LogP contribution in [-0.2, 0) is 19.6 Å². The monoisotopic (exact) mass is 384 g/mol. The van der Waals surface area contributed by atoms with Gasteiger partial charge in [0, 0.05) is 12.1 Å². The molecule has 0 spiro atoms. The lowest BCUT2D eigenvalue weighted by Gasteiger charge is -2.34. The Labute approximate surface area is 153 Å². The van der Waals surface area contributed by atoms with Crippen molar-refractivity contribution in [3.63, 3.8) is 0 Å². The zero-order valence-corrected chi connectivity index (χ0v) is 16.0. The van der Waals surface area contributed by atoms with Crippen molar-refractivity contribution in [3.05, 3.63) is 23.8 Å². The normalized spacial score (nSPS) is 17.7. The van der Waals surface area contributed by atoms with Crippen LogP contribution in [0, 0.1) is 0 Å². The second-order valence-corrected chi connectivity index (χ2v) is 7.69. The second kappa shape index (κ2) is 8.50. The molecule has 2 rings (SSSR count). The summed E-state index contributed by atoms with van der Waals surface area (Å²) in [6.45, 7) is 2.37. The van der Waals surface area contributed by atoms with Gasteiger partial charge in [-0.2, -0.15) is 0 Å². The van der Waals surface area contributed by atoms with Crippen molar-refractivity contribution in [2.45, 2.75) is 37.1 Å². The molecule has 1 unspecified atom stereocenters. The quantitative estimate of drug-likeness (QED) is 0.739. The number of ether oxygens (including phenoxy) is 2. The van der Waals surface area contributed by atoms with Crippen molar-refractivity contribution < 1.29 is 27.5 Å². The molecule has 1 atom stereocenters. The molecule has 1 N–H and O–H groups in total. The first kappa shape index (κ1) is 20.2. The molecule has 1 aliphatic rings. The van der Waals surface area contributed by atoms with E-state index in [2.05, 4.69) is 4.72 Å². The SMILES string of the molecule is CCOC(=O)C1CCCCN1C(=O)c1ccc(OC)c(S(=O)(=O)NC)c1. The third kappa shape index (κ3) is 4.16. The lowest BCUT2D eigenvalue weighted by molar-refractivity contribution is -0.149. The maximum Gasteiger partial charge on any atom is 0.328 e. The highest BCUT2D eigenvalue weighted by molar-refractivity contribution is 7.89. The van der Waals surface area contributed by atoms with Crippen molar-refractivity contribution in [2.24, 2.45) is 0 Å². The van der Waals surface area contributed by atoms with E-state index in [0.717, 1.165) is 12.8 Å². The number of likely N-dealkylation sites (tertiary alicyclic amines) is 1. The number of carbonyl (C=O) groups excluding carboxylic acids is 2. The van der Waals surface area contributed by atoms with Gasteiger partial charge < -0.3 is 14.4 Å². The molecule has 0 radical (unpaired) electrons. The fourth-order valence-corrected chi connectivity index (χ4v) is 3.87. The summed E-state index contributed by atoms with van der Waals surface area (Å²) in [5.41, 5.74) is 0.177. The zero-order valence-electron chi connectivity index (χ0n) is 15.1. The van der Waals surface area contributed by atoms with E-state index in [1.165, 1.54) is 37.3 Å². The minimum atomic E-state index is -3.80. The lowest BCUT2D eigenvalue weighted by Crippen LogP contribution is -2.48. The number of sulfonamides is 1. The maximum absolute atomic E-state index is 12.9. The van der Waals surface area contributed by atoms with E-state index in [9.17, 15) is 18.0 Å². The fraction of sp³-hybridized carbons (Fsp3) is 0.529. The van der Waals surface area contributed by atoms with Gasteiger partial charge in [0.05, 0.1) is 13.7 Å². The molecule has 0 saturated carbocycles. The number of amides is 1. The number of hydrogen-bond acceptors (Lipinski definition) is 6. The van der Waals surface area contributed by atoms with Crippen LogP contribution in [0.1, 0.15) is 36.5 Å². The molecule has 0 aliphatic carbocycles. The molecule has 8 nitrogen and oxygen atoms in total. The van der Waals surface area contributed by atoms with Crippen molar-refractivity contribution >= 4 is 21.9 Å². The van der Waals surface area contributed by atoms with Gasteiger partial charge in [0.15, 0.2) is 0 Å². The van der Waals surface area contributed by atoms with Crippen LogP contribution >= 0.6 is 0 Å². The van der Waals surface area contributed by atoms with Crippen LogP contribution in [0.2, 0.25) is 0 Å². The number of piperidine rings is 1. The van der Waals surface area contributed by atoms with Gasteiger partial charge in [-0.1, -0.05) is 0 Å². The first-order chi connectivity index (χ1) is 12.4. The number of nitrogens with one attached hydrogen (secondary N) is 1. The summed E-state index contributed by atoms with van der Waals surface area (Å²) >= 11 is 0. The van der Waals surface area contributed by atoms with Crippen LogP contribution in [0.3, 0.4) is 0 Å². The highest BCUT2D eigenvalue weighted by Crippen LogP contribution is 2.27. The third-order valence-electron chi connectivity index (χ3n) is 4.29. The van der Waals surface area contributed by atoms with Gasteiger partial charge in [0.1, 0.15) is 16.7 Å². The molecule has 1 fully saturated rings. The predicted molar refractivity (Wildman–Crippen MR) is 94.5 cm³/mol. The molecule has 144 valence electrons. The van der Waals surface area contributed by atoms with E-state index in [-0.39, 0.29) is 22.8 Å². The summed E-state index contributed by atoms with van der Waals surface area (Å²) in [5.74, 6) is -0.702. The van der Waals surface area contributed by atoms with Gasteiger partial charge in [0.25, 0.3) is 5.91 Å². The van der Waals surface area contributed by atoms with Crippen LogP contribution in [0.15, 0.2) is 23.1 Å². The molecular weight excluding hydrogens is 360 g/mol. The van der Waals surface area contributed by atoms with Crippen LogP contribution < -0.4 is 9.46 Å². The van der Waals surface area contributed by atoms with Crippen molar-refractivity contribution in [2.75, 3.05) is 27.3 Å². The van der Waals surface area contributed by atoms with Gasteiger partial charge >= 0.3 is 5.97 Å². The lowest BCUT2D eigenvalue weighted by atomic mass is 10.0. The topological polar surface area (TPSA) is 102 Å². The minimum Gasteiger partial charge on any atom is -0.495 e. The van der Waals surface area contributed by atoms with Gasteiger partial charge in [-0.15, -0.1) is 0 Å². The Morgan fingerprint density at radius 2 is 2.04 bits per heavy atom. The number of rotatable bonds is 6. The number of esters is 1. The Morgan fingerprint density at radius 3 is 2.65 bits per heavy atom. The zero-order chi connectivity index (χ0) is 19.3. The Morgan fingerprint density at radius 1 is 1.31 bits per heavy atom. The molecule has 1 saturated heterocycles. The van der Waals surface area contributed by atoms with E-state index >= 15 is 0 Å². The molecule has 1 aliphatic heterocycles. The summed E-state index contributed by atoms with van der Waals surface area (Å²) in [6.07, 6.45) is 2.14. The molecule has 1 aromatic rings. The summed E-state index contributed by atoms with van der Waals surface area (Å²) in [6, 6.07) is 3.54. The largest absolute Gasteiger partial charge is 0.495 e. The smallest absolute Gasteiger partial charge is 0.328 e. The molecule has 0 aromatic heterocycles. The number of methoxy groups -OCH3 is 1. The molecule has 0 bridgehead atoms. The fourth-order valence-electron chi connectivity index (χ4n) is 2.95. The number of benzene rings is 1. The first-order valence-corrected chi connectivity index (χ1v) is 9.93. The van der Waals surface area contributed by atoms with Crippen LogP contribution in [0.5, 0.6) is 5.75 Å².